The molecule has 3 aromatic carbocycles. The molecule has 0 aromatic heterocycles. The van der Waals surface area contributed by atoms with E-state index in [1.54, 1.807) is 12.1 Å². The van der Waals surface area contributed by atoms with E-state index in [9.17, 15) is 8.42 Å². The predicted molar refractivity (Wildman–Crippen MR) is 103 cm³/mol. The molecule has 3 aromatic rings. The molecular weight excluding hydrogens is 328 g/mol. The zero-order valence-corrected chi connectivity index (χ0v) is 15.1. The van der Waals surface area contributed by atoms with Crippen LogP contribution in [0.1, 0.15) is 22.3 Å². The van der Waals surface area contributed by atoms with Crippen molar-refractivity contribution >= 4 is 15.4 Å². The molecule has 0 saturated carbocycles. The van der Waals surface area contributed by atoms with E-state index in [2.05, 4.69) is 0 Å². The lowest BCUT2D eigenvalue weighted by Crippen LogP contribution is -1.99. The first kappa shape index (κ1) is 17.2. The number of sulfone groups is 1. The first-order valence-corrected chi connectivity index (χ1v) is 9.66. The normalized spacial score (nSPS) is 12.2. The lowest BCUT2D eigenvalue weighted by atomic mass is 9.99. The van der Waals surface area contributed by atoms with E-state index in [0.29, 0.717) is 10.5 Å². The predicted octanol–water partition coefficient (Wildman–Crippen LogP) is 5.17. The lowest BCUT2D eigenvalue weighted by Gasteiger charge is -2.10. The summed E-state index contributed by atoms with van der Waals surface area (Å²) < 4.78 is 25.8. The molecule has 0 atom stereocenters. The molecular formula is C22H20O2S. The van der Waals surface area contributed by atoms with Crippen LogP contribution in [-0.2, 0) is 9.84 Å². The minimum absolute atomic E-state index is 0.304. The summed E-state index contributed by atoms with van der Waals surface area (Å²) in [4.78, 5) is 0.304. The fourth-order valence-corrected chi connectivity index (χ4v) is 3.84. The molecule has 0 N–H and O–H groups in total. The molecule has 0 unspecified atom stereocenters. The molecule has 0 saturated heterocycles. The fraction of sp³-hybridized carbons (Fsp3) is 0.0909. The third-order valence-electron chi connectivity index (χ3n) is 4.07. The van der Waals surface area contributed by atoms with Gasteiger partial charge in [-0.25, -0.2) is 8.42 Å². The van der Waals surface area contributed by atoms with Gasteiger partial charge in [-0.2, -0.15) is 0 Å². The van der Waals surface area contributed by atoms with Crippen LogP contribution in [-0.4, -0.2) is 8.42 Å². The first-order valence-electron chi connectivity index (χ1n) is 8.12. The molecule has 3 rings (SSSR count). The van der Waals surface area contributed by atoms with Gasteiger partial charge in [0.05, 0.1) is 4.90 Å². The second-order valence-electron chi connectivity index (χ2n) is 6.12. The summed E-state index contributed by atoms with van der Waals surface area (Å²) in [6, 6.07) is 24.4. The maximum atomic E-state index is 12.9. The molecule has 2 nitrogen and oxygen atoms in total. The SMILES string of the molecule is Cc1ccc(/C(=C\S(=O)(=O)c2ccc(C)cc2)c2ccccc2)cc1. The molecule has 0 aliphatic carbocycles. The molecule has 3 heteroatoms. The van der Waals surface area contributed by atoms with Crippen molar-refractivity contribution in [2.24, 2.45) is 0 Å². The Kier molecular flexibility index (Phi) is 4.86. The van der Waals surface area contributed by atoms with Crippen molar-refractivity contribution in [2.75, 3.05) is 0 Å². The Bertz CT molecular complexity index is 982. The van der Waals surface area contributed by atoms with Gasteiger partial charge < -0.3 is 0 Å². The Hall–Kier alpha value is -2.65. The molecule has 0 amide bonds. The molecule has 0 spiro atoms. The van der Waals surface area contributed by atoms with Crippen LogP contribution in [0.3, 0.4) is 0 Å². The van der Waals surface area contributed by atoms with Crippen molar-refractivity contribution in [3.63, 3.8) is 0 Å². The van der Waals surface area contributed by atoms with Gasteiger partial charge >= 0.3 is 0 Å². The highest BCUT2D eigenvalue weighted by atomic mass is 32.2. The zero-order valence-electron chi connectivity index (χ0n) is 14.3. The van der Waals surface area contributed by atoms with E-state index < -0.39 is 9.84 Å². The van der Waals surface area contributed by atoms with E-state index in [0.717, 1.165) is 22.3 Å². The summed E-state index contributed by atoms with van der Waals surface area (Å²) in [6.45, 7) is 3.95. The lowest BCUT2D eigenvalue weighted by molar-refractivity contribution is 0.604. The first-order chi connectivity index (χ1) is 12.0. The van der Waals surface area contributed by atoms with Crippen molar-refractivity contribution in [1.29, 1.82) is 0 Å². The Morgan fingerprint density at radius 3 is 1.72 bits per heavy atom. The number of benzene rings is 3. The van der Waals surface area contributed by atoms with Crippen LogP contribution < -0.4 is 0 Å². The van der Waals surface area contributed by atoms with Gasteiger partial charge in [-0.1, -0.05) is 77.9 Å². The van der Waals surface area contributed by atoms with E-state index >= 15 is 0 Å². The summed E-state index contributed by atoms with van der Waals surface area (Å²) in [6.07, 6.45) is 0. The van der Waals surface area contributed by atoms with Crippen LogP contribution in [0, 0.1) is 13.8 Å². The van der Waals surface area contributed by atoms with Gasteiger partial charge in [0.1, 0.15) is 0 Å². The minimum Gasteiger partial charge on any atom is -0.219 e. The number of rotatable bonds is 4. The van der Waals surface area contributed by atoms with Crippen LogP contribution in [0.5, 0.6) is 0 Å². The standard InChI is InChI=1S/C22H20O2S/c1-17-8-12-20(13-9-17)22(19-6-4-3-5-7-19)16-25(23,24)21-14-10-18(2)11-15-21/h3-16H,1-2H3/b22-16-. The van der Waals surface area contributed by atoms with E-state index in [-0.39, 0.29) is 0 Å². The Morgan fingerprint density at radius 2 is 1.16 bits per heavy atom. The third kappa shape index (κ3) is 4.06. The van der Waals surface area contributed by atoms with Crippen LogP contribution in [0.15, 0.2) is 89.2 Å². The second-order valence-corrected chi connectivity index (χ2v) is 7.92. The van der Waals surface area contributed by atoms with Crippen molar-refractivity contribution < 1.29 is 8.42 Å². The van der Waals surface area contributed by atoms with Gasteiger partial charge in [0.15, 0.2) is 9.84 Å². The van der Waals surface area contributed by atoms with E-state index in [1.165, 1.54) is 5.41 Å². The third-order valence-corrected chi connectivity index (χ3v) is 5.55. The quantitative estimate of drug-likeness (QED) is 0.652. The molecule has 0 heterocycles. The van der Waals surface area contributed by atoms with Crippen molar-refractivity contribution in [2.45, 2.75) is 18.7 Å². The summed E-state index contributed by atoms with van der Waals surface area (Å²) >= 11 is 0. The summed E-state index contributed by atoms with van der Waals surface area (Å²) in [5, 5.41) is 1.37. The number of aryl methyl sites for hydroxylation is 2. The molecule has 0 bridgehead atoms. The summed E-state index contributed by atoms with van der Waals surface area (Å²) in [5.41, 5.74) is 4.62. The van der Waals surface area contributed by atoms with Crippen molar-refractivity contribution in [3.8, 4) is 0 Å². The van der Waals surface area contributed by atoms with Gasteiger partial charge in [0, 0.05) is 11.0 Å². The smallest absolute Gasteiger partial charge is 0.200 e. The molecule has 25 heavy (non-hydrogen) atoms. The summed E-state index contributed by atoms with van der Waals surface area (Å²) in [5.74, 6) is 0. The highest BCUT2D eigenvalue weighted by Gasteiger charge is 2.15. The van der Waals surface area contributed by atoms with Gasteiger partial charge in [0.25, 0.3) is 0 Å². The molecule has 0 aliphatic heterocycles. The van der Waals surface area contributed by atoms with Gasteiger partial charge in [-0.05, 0) is 37.1 Å². The minimum atomic E-state index is -3.54. The van der Waals surface area contributed by atoms with Crippen molar-refractivity contribution in [3.05, 3.63) is 107 Å². The van der Waals surface area contributed by atoms with E-state index in [1.807, 2.05) is 80.6 Å². The monoisotopic (exact) mass is 348 g/mol. The molecule has 0 radical (unpaired) electrons. The Morgan fingerprint density at radius 1 is 0.680 bits per heavy atom. The average molecular weight is 348 g/mol. The average Bonchev–Trinajstić information content (AvgIpc) is 2.62. The highest BCUT2D eigenvalue weighted by Crippen LogP contribution is 2.27. The zero-order chi connectivity index (χ0) is 17.9. The molecule has 0 fully saturated rings. The molecule has 126 valence electrons. The summed E-state index contributed by atoms with van der Waals surface area (Å²) in [7, 11) is -3.54. The van der Waals surface area contributed by atoms with E-state index in [4.69, 9.17) is 0 Å². The van der Waals surface area contributed by atoms with Crippen LogP contribution in [0.2, 0.25) is 0 Å². The van der Waals surface area contributed by atoms with Gasteiger partial charge in [-0.3, -0.25) is 0 Å². The fourth-order valence-electron chi connectivity index (χ4n) is 2.60. The Labute approximate surface area is 149 Å². The maximum Gasteiger partial charge on any atom is 0.200 e. The number of hydrogen-bond acceptors (Lipinski definition) is 2. The topological polar surface area (TPSA) is 34.1 Å². The number of hydrogen-bond donors (Lipinski definition) is 0. The Balaban J connectivity index is 2.15. The van der Waals surface area contributed by atoms with Crippen LogP contribution in [0.4, 0.5) is 0 Å². The maximum absolute atomic E-state index is 12.9. The molecule has 0 aliphatic rings. The second kappa shape index (κ2) is 7.08. The largest absolute Gasteiger partial charge is 0.219 e. The van der Waals surface area contributed by atoms with Crippen LogP contribution >= 0.6 is 0 Å². The van der Waals surface area contributed by atoms with Gasteiger partial charge in [0.2, 0.25) is 0 Å². The van der Waals surface area contributed by atoms with Gasteiger partial charge in [-0.15, -0.1) is 0 Å². The highest BCUT2D eigenvalue weighted by molar-refractivity contribution is 7.94. The van der Waals surface area contributed by atoms with Crippen LogP contribution in [0.25, 0.3) is 5.57 Å². The van der Waals surface area contributed by atoms with Crippen molar-refractivity contribution in [1.82, 2.24) is 0 Å².